The van der Waals surface area contributed by atoms with Crippen molar-refractivity contribution in [1.29, 1.82) is 0 Å². The molecule has 2 aliphatic rings. The molecule has 3 atom stereocenters. The Labute approximate surface area is 108 Å². The van der Waals surface area contributed by atoms with Gasteiger partial charge in [-0.2, -0.15) is 0 Å². The van der Waals surface area contributed by atoms with E-state index in [0.717, 1.165) is 31.4 Å². The number of hydrogen-bond donors (Lipinski definition) is 1. The topological polar surface area (TPSA) is 38.3 Å². The van der Waals surface area contributed by atoms with E-state index in [0.29, 0.717) is 6.04 Å². The zero-order valence-electron chi connectivity index (χ0n) is 10.9. The second-order valence-electron chi connectivity index (χ2n) is 5.62. The fourth-order valence-corrected chi connectivity index (χ4v) is 3.64. The Hall–Kier alpha value is -1.35. The highest BCUT2D eigenvalue weighted by atomic mass is 16.5. The Bertz CT molecular complexity index is 485. The fourth-order valence-electron chi connectivity index (χ4n) is 3.64. The Morgan fingerprint density at radius 1 is 1.50 bits per heavy atom. The summed E-state index contributed by atoms with van der Waals surface area (Å²) in [6.45, 7) is 3.21. The number of rotatable bonds is 2. The molecule has 18 heavy (non-hydrogen) atoms. The molecule has 0 spiro atoms. The van der Waals surface area contributed by atoms with E-state index < -0.39 is 0 Å². The summed E-state index contributed by atoms with van der Waals surface area (Å²) in [5.41, 5.74) is 2.62. The summed E-state index contributed by atoms with van der Waals surface area (Å²) < 4.78 is 5.33. The second-order valence-corrected chi connectivity index (χ2v) is 5.62. The van der Waals surface area contributed by atoms with Gasteiger partial charge in [0.25, 0.3) is 0 Å². The van der Waals surface area contributed by atoms with Gasteiger partial charge in [0.05, 0.1) is 7.11 Å². The lowest BCUT2D eigenvalue weighted by atomic mass is 9.59. The largest absolute Gasteiger partial charge is 0.497 e. The summed E-state index contributed by atoms with van der Waals surface area (Å²) in [6.07, 6.45) is 3.09. The van der Waals surface area contributed by atoms with E-state index in [-0.39, 0.29) is 11.3 Å². The molecule has 3 heteroatoms. The summed E-state index contributed by atoms with van der Waals surface area (Å²) in [4.78, 5) is 11.5. The molecule has 1 aromatic carbocycles. The van der Waals surface area contributed by atoms with Gasteiger partial charge in [-0.3, -0.25) is 0 Å². The SMILES string of the molecule is COc1ccc2c(c1)C1(C)CCNC(C2)C1C=O. The summed E-state index contributed by atoms with van der Waals surface area (Å²) in [7, 11) is 1.69. The van der Waals surface area contributed by atoms with Crippen molar-refractivity contribution in [3.63, 3.8) is 0 Å². The van der Waals surface area contributed by atoms with Crippen LogP contribution in [0.3, 0.4) is 0 Å². The van der Waals surface area contributed by atoms with Crippen molar-refractivity contribution in [2.75, 3.05) is 13.7 Å². The Morgan fingerprint density at radius 3 is 3.06 bits per heavy atom. The first-order chi connectivity index (χ1) is 8.69. The maximum Gasteiger partial charge on any atom is 0.125 e. The zero-order chi connectivity index (χ0) is 12.8. The van der Waals surface area contributed by atoms with Gasteiger partial charge in [0, 0.05) is 17.4 Å². The molecule has 1 heterocycles. The summed E-state index contributed by atoms with van der Waals surface area (Å²) in [5.74, 6) is 0.961. The Morgan fingerprint density at radius 2 is 2.33 bits per heavy atom. The van der Waals surface area contributed by atoms with E-state index in [4.69, 9.17) is 4.74 Å². The lowest BCUT2D eigenvalue weighted by molar-refractivity contribution is -0.115. The van der Waals surface area contributed by atoms with Gasteiger partial charge in [-0.1, -0.05) is 13.0 Å². The molecule has 0 amide bonds. The fraction of sp³-hybridized carbons (Fsp3) is 0.533. The molecular formula is C15H19NO2. The van der Waals surface area contributed by atoms with Crippen LogP contribution in [0.5, 0.6) is 5.75 Å². The number of nitrogens with one attached hydrogen (secondary N) is 1. The van der Waals surface area contributed by atoms with Crippen LogP contribution in [-0.4, -0.2) is 26.0 Å². The molecule has 1 fully saturated rings. The first kappa shape index (κ1) is 11.7. The van der Waals surface area contributed by atoms with Crippen molar-refractivity contribution >= 4 is 6.29 Å². The molecule has 3 rings (SSSR count). The number of piperidine rings is 1. The van der Waals surface area contributed by atoms with E-state index >= 15 is 0 Å². The van der Waals surface area contributed by atoms with E-state index in [1.54, 1.807) is 7.11 Å². The van der Waals surface area contributed by atoms with Gasteiger partial charge in [-0.25, -0.2) is 0 Å². The van der Waals surface area contributed by atoms with Gasteiger partial charge in [-0.15, -0.1) is 0 Å². The highest BCUT2D eigenvalue weighted by Crippen LogP contribution is 2.46. The van der Waals surface area contributed by atoms with Gasteiger partial charge in [-0.05, 0) is 42.6 Å². The van der Waals surface area contributed by atoms with Crippen LogP contribution in [0.1, 0.15) is 24.5 Å². The Balaban J connectivity index is 2.15. The number of ether oxygens (including phenoxy) is 1. The van der Waals surface area contributed by atoms with Crippen molar-refractivity contribution in [3.8, 4) is 5.75 Å². The molecule has 1 aliphatic heterocycles. The van der Waals surface area contributed by atoms with Crippen LogP contribution in [0.15, 0.2) is 18.2 Å². The molecule has 1 aliphatic carbocycles. The van der Waals surface area contributed by atoms with Gasteiger partial charge in [0.15, 0.2) is 0 Å². The van der Waals surface area contributed by atoms with Crippen LogP contribution < -0.4 is 10.1 Å². The number of hydrogen-bond acceptors (Lipinski definition) is 3. The summed E-state index contributed by atoms with van der Waals surface area (Å²) >= 11 is 0. The third-order valence-corrected chi connectivity index (χ3v) is 4.74. The second kappa shape index (κ2) is 4.09. The number of fused-ring (bicyclic) bond motifs is 4. The first-order valence-electron chi connectivity index (χ1n) is 6.55. The lowest BCUT2D eigenvalue weighted by Gasteiger charge is -2.49. The quantitative estimate of drug-likeness (QED) is 0.806. The standard InChI is InChI=1S/C15H19NO2/c1-15-5-6-16-14(13(15)9-17)7-10-3-4-11(18-2)8-12(10)15/h3-4,8-9,13-14,16H,5-7H2,1-2H3. The number of benzene rings is 1. The van der Waals surface area contributed by atoms with Crippen molar-refractivity contribution in [1.82, 2.24) is 5.32 Å². The monoisotopic (exact) mass is 245 g/mol. The number of carbonyl (C=O) groups excluding carboxylic acids is 1. The normalized spacial score (nSPS) is 33.7. The van der Waals surface area contributed by atoms with Gasteiger partial charge in [0.1, 0.15) is 12.0 Å². The van der Waals surface area contributed by atoms with Gasteiger partial charge >= 0.3 is 0 Å². The van der Waals surface area contributed by atoms with E-state index in [9.17, 15) is 4.79 Å². The van der Waals surface area contributed by atoms with Crippen LogP contribution in [0, 0.1) is 5.92 Å². The van der Waals surface area contributed by atoms with Crippen molar-refractivity contribution in [3.05, 3.63) is 29.3 Å². The molecule has 0 saturated carbocycles. The van der Waals surface area contributed by atoms with Crippen LogP contribution in [0.25, 0.3) is 0 Å². The molecule has 96 valence electrons. The van der Waals surface area contributed by atoms with Crippen LogP contribution in [0.2, 0.25) is 0 Å². The zero-order valence-corrected chi connectivity index (χ0v) is 10.9. The molecule has 3 nitrogen and oxygen atoms in total. The molecule has 2 bridgehead atoms. The minimum absolute atomic E-state index is 0.0419. The predicted molar refractivity (Wildman–Crippen MR) is 70.0 cm³/mol. The van der Waals surface area contributed by atoms with Crippen LogP contribution in [-0.2, 0) is 16.6 Å². The van der Waals surface area contributed by atoms with Crippen molar-refractivity contribution < 1.29 is 9.53 Å². The minimum Gasteiger partial charge on any atom is -0.497 e. The smallest absolute Gasteiger partial charge is 0.125 e. The van der Waals surface area contributed by atoms with Crippen LogP contribution >= 0.6 is 0 Å². The molecule has 3 unspecified atom stereocenters. The Kier molecular flexibility index (Phi) is 2.67. The predicted octanol–water partition coefficient (Wildman–Crippen LogP) is 1.69. The number of methoxy groups -OCH3 is 1. The first-order valence-corrected chi connectivity index (χ1v) is 6.55. The molecule has 1 saturated heterocycles. The highest BCUT2D eigenvalue weighted by molar-refractivity contribution is 5.62. The molecular weight excluding hydrogens is 226 g/mol. The summed E-state index contributed by atoms with van der Waals surface area (Å²) in [5, 5.41) is 3.48. The van der Waals surface area contributed by atoms with Gasteiger partial charge < -0.3 is 14.8 Å². The van der Waals surface area contributed by atoms with Crippen LogP contribution in [0.4, 0.5) is 0 Å². The number of carbonyl (C=O) groups is 1. The van der Waals surface area contributed by atoms with E-state index in [2.05, 4.69) is 24.4 Å². The van der Waals surface area contributed by atoms with Crippen molar-refractivity contribution in [2.24, 2.45) is 5.92 Å². The molecule has 0 radical (unpaired) electrons. The maximum atomic E-state index is 11.5. The maximum absolute atomic E-state index is 11.5. The minimum atomic E-state index is -0.0419. The van der Waals surface area contributed by atoms with E-state index in [1.165, 1.54) is 11.1 Å². The van der Waals surface area contributed by atoms with Crippen molar-refractivity contribution in [2.45, 2.75) is 31.2 Å². The van der Waals surface area contributed by atoms with Gasteiger partial charge in [0.2, 0.25) is 0 Å². The highest BCUT2D eigenvalue weighted by Gasteiger charge is 2.47. The average molecular weight is 245 g/mol. The third kappa shape index (κ3) is 1.50. The third-order valence-electron chi connectivity index (χ3n) is 4.74. The molecule has 0 aromatic heterocycles. The number of aldehydes is 1. The molecule has 1 aromatic rings. The summed E-state index contributed by atoms with van der Waals surface area (Å²) in [6, 6.07) is 6.57. The lowest BCUT2D eigenvalue weighted by Crippen LogP contribution is -2.57. The average Bonchev–Trinajstić information content (AvgIpc) is 2.38. The molecule has 1 N–H and O–H groups in total. The van der Waals surface area contributed by atoms with E-state index in [1.807, 2.05) is 6.07 Å².